The van der Waals surface area contributed by atoms with Gasteiger partial charge < -0.3 is 5.32 Å². The highest BCUT2D eigenvalue weighted by Gasteiger charge is 2.23. The lowest BCUT2D eigenvalue weighted by Gasteiger charge is -2.23. The molecule has 0 unspecified atom stereocenters. The molecule has 0 spiro atoms. The van der Waals surface area contributed by atoms with Gasteiger partial charge in [-0.25, -0.2) is 0 Å². The minimum absolute atomic E-state index is 0.0615. The summed E-state index contributed by atoms with van der Waals surface area (Å²) in [6.07, 6.45) is 0.770. The summed E-state index contributed by atoms with van der Waals surface area (Å²) in [5.41, 5.74) is 3.23. The standard InChI is InChI=1S/C23H23NO/c1-2-21(18-12-6-3-7-13-18)23(25)24-22(19-14-8-4-9-15-19)20-16-10-5-11-17-20/h3-17,21-22H,2H2,1H3,(H,24,25)/t21-/m1/s1. The first-order valence-electron chi connectivity index (χ1n) is 8.74. The lowest BCUT2D eigenvalue weighted by molar-refractivity contribution is -0.123. The summed E-state index contributed by atoms with van der Waals surface area (Å²) in [7, 11) is 0. The van der Waals surface area contributed by atoms with E-state index in [1.54, 1.807) is 0 Å². The van der Waals surface area contributed by atoms with Crippen LogP contribution in [0.1, 0.15) is 42.0 Å². The summed E-state index contributed by atoms with van der Waals surface area (Å²) in [6.45, 7) is 2.05. The number of carbonyl (C=O) groups is 1. The number of hydrogen-bond acceptors (Lipinski definition) is 1. The number of rotatable bonds is 6. The Bertz CT molecular complexity index is 745. The molecule has 0 fully saturated rings. The third kappa shape index (κ3) is 4.16. The van der Waals surface area contributed by atoms with Gasteiger partial charge in [0.15, 0.2) is 0 Å². The average molecular weight is 329 g/mol. The highest BCUT2D eigenvalue weighted by molar-refractivity contribution is 5.84. The molecule has 0 aliphatic carbocycles. The lowest BCUT2D eigenvalue weighted by Crippen LogP contribution is -2.33. The van der Waals surface area contributed by atoms with Crippen LogP contribution in [-0.2, 0) is 4.79 Å². The van der Waals surface area contributed by atoms with Gasteiger partial charge in [0, 0.05) is 0 Å². The van der Waals surface area contributed by atoms with Crippen LogP contribution in [0.15, 0.2) is 91.0 Å². The molecule has 0 saturated carbocycles. The molecule has 0 heterocycles. The second kappa shape index (κ2) is 8.29. The predicted molar refractivity (Wildman–Crippen MR) is 102 cm³/mol. The molecule has 1 atom stereocenters. The molecule has 3 aromatic rings. The van der Waals surface area contributed by atoms with Crippen molar-refractivity contribution in [2.75, 3.05) is 0 Å². The fourth-order valence-electron chi connectivity index (χ4n) is 3.15. The van der Waals surface area contributed by atoms with Crippen molar-refractivity contribution in [2.45, 2.75) is 25.3 Å². The Balaban J connectivity index is 1.88. The number of nitrogens with one attached hydrogen (secondary N) is 1. The molecule has 0 aliphatic heterocycles. The van der Waals surface area contributed by atoms with Gasteiger partial charge in [-0.1, -0.05) is 97.9 Å². The monoisotopic (exact) mass is 329 g/mol. The van der Waals surface area contributed by atoms with Crippen LogP contribution in [0.5, 0.6) is 0 Å². The Labute approximate surface area is 149 Å². The van der Waals surface area contributed by atoms with E-state index in [9.17, 15) is 4.79 Å². The summed E-state index contributed by atoms with van der Waals surface area (Å²) in [4.78, 5) is 13.0. The van der Waals surface area contributed by atoms with Crippen LogP contribution in [-0.4, -0.2) is 5.91 Å². The highest BCUT2D eigenvalue weighted by Crippen LogP contribution is 2.25. The molecule has 1 N–H and O–H groups in total. The van der Waals surface area contributed by atoms with E-state index >= 15 is 0 Å². The van der Waals surface area contributed by atoms with Gasteiger partial charge in [0.05, 0.1) is 12.0 Å². The van der Waals surface area contributed by atoms with Crippen LogP contribution in [0, 0.1) is 0 Å². The molecule has 2 nitrogen and oxygen atoms in total. The van der Waals surface area contributed by atoms with Crippen molar-refractivity contribution in [3.8, 4) is 0 Å². The molecule has 3 aromatic carbocycles. The van der Waals surface area contributed by atoms with Crippen molar-refractivity contribution < 1.29 is 4.79 Å². The minimum Gasteiger partial charge on any atom is -0.345 e. The van der Waals surface area contributed by atoms with Gasteiger partial charge in [-0.3, -0.25) is 4.79 Å². The van der Waals surface area contributed by atoms with Crippen LogP contribution in [0.2, 0.25) is 0 Å². The maximum absolute atomic E-state index is 13.0. The van der Waals surface area contributed by atoms with Crippen molar-refractivity contribution >= 4 is 5.91 Å². The first kappa shape index (κ1) is 17.0. The number of carbonyl (C=O) groups excluding carboxylic acids is 1. The first-order valence-corrected chi connectivity index (χ1v) is 8.74. The molecule has 0 aliphatic rings. The third-order valence-electron chi connectivity index (χ3n) is 4.48. The zero-order chi connectivity index (χ0) is 17.5. The molecule has 126 valence electrons. The fourth-order valence-corrected chi connectivity index (χ4v) is 3.15. The van der Waals surface area contributed by atoms with Gasteiger partial charge in [0.1, 0.15) is 0 Å². The van der Waals surface area contributed by atoms with Gasteiger partial charge in [-0.05, 0) is 23.1 Å². The molecule has 3 rings (SSSR count). The van der Waals surface area contributed by atoms with E-state index in [1.807, 2.05) is 66.7 Å². The smallest absolute Gasteiger partial charge is 0.228 e. The van der Waals surface area contributed by atoms with Crippen LogP contribution in [0.4, 0.5) is 0 Å². The Hall–Kier alpha value is -2.87. The maximum atomic E-state index is 13.0. The van der Waals surface area contributed by atoms with Gasteiger partial charge in [0.2, 0.25) is 5.91 Å². The average Bonchev–Trinajstić information content (AvgIpc) is 2.69. The van der Waals surface area contributed by atoms with Gasteiger partial charge >= 0.3 is 0 Å². The Morgan fingerprint density at radius 2 is 1.12 bits per heavy atom. The van der Waals surface area contributed by atoms with E-state index in [0.717, 1.165) is 23.1 Å². The van der Waals surface area contributed by atoms with Crippen molar-refractivity contribution in [1.29, 1.82) is 0 Å². The molecule has 1 amide bonds. The van der Waals surface area contributed by atoms with E-state index in [1.165, 1.54) is 0 Å². The first-order chi connectivity index (χ1) is 12.3. The molecular weight excluding hydrogens is 306 g/mol. The zero-order valence-corrected chi connectivity index (χ0v) is 14.4. The van der Waals surface area contributed by atoms with Gasteiger partial charge in [0.25, 0.3) is 0 Å². The highest BCUT2D eigenvalue weighted by atomic mass is 16.1. The van der Waals surface area contributed by atoms with Crippen molar-refractivity contribution in [3.63, 3.8) is 0 Å². The van der Waals surface area contributed by atoms with Crippen LogP contribution >= 0.6 is 0 Å². The summed E-state index contributed by atoms with van der Waals surface area (Å²) < 4.78 is 0. The van der Waals surface area contributed by atoms with Crippen LogP contribution < -0.4 is 5.32 Å². The van der Waals surface area contributed by atoms with Gasteiger partial charge in [-0.2, -0.15) is 0 Å². The number of amides is 1. The zero-order valence-electron chi connectivity index (χ0n) is 14.4. The minimum atomic E-state index is -0.146. The van der Waals surface area contributed by atoms with E-state index in [2.05, 4.69) is 36.5 Å². The summed E-state index contributed by atoms with van der Waals surface area (Å²) >= 11 is 0. The maximum Gasteiger partial charge on any atom is 0.228 e. The van der Waals surface area contributed by atoms with E-state index in [-0.39, 0.29) is 17.9 Å². The van der Waals surface area contributed by atoms with E-state index in [4.69, 9.17) is 0 Å². The Morgan fingerprint density at radius 3 is 1.52 bits per heavy atom. The molecule has 0 radical (unpaired) electrons. The van der Waals surface area contributed by atoms with Crippen molar-refractivity contribution in [2.24, 2.45) is 0 Å². The molecule has 0 aromatic heterocycles. The summed E-state index contributed by atoms with van der Waals surface area (Å²) in [5, 5.41) is 3.26. The fraction of sp³-hybridized carbons (Fsp3) is 0.174. The van der Waals surface area contributed by atoms with Crippen LogP contribution in [0.3, 0.4) is 0 Å². The Kier molecular flexibility index (Phi) is 5.63. The van der Waals surface area contributed by atoms with Gasteiger partial charge in [-0.15, -0.1) is 0 Å². The largest absolute Gasteiger partial charge is 0.345 e. The summed E-state index contributed by atoms with van der Waals surface area (Å²) in [5.74, 6) is -0.0810. The molecular formula is C23H23NO. The summed E-state index contributed by atoms with van der Waals surface area (Å²) in [6, 6.07) is 30.1. The molecule has 2 heteroatoms. The lowest BCUT2D eigenvalue weighted by atomic mass is 9.93. The normalized spacial score (nSPS) is 11.9. The van der Waals surface area contributed by atoms with Crippen molar-refractivity contribution in [3.05, 3.63) is 108 Å². The molecule has 0 bridgehead atoms. The van der Waals surface area contributed by atoms with Crippen molar-refractivity contribution in [1.82, 2.24) is 5.32 Å². The SMILES string of the molecule is CC[C@@H](C(=O)NC(c1ccccc1)c1ccccc1)c1ccccc1. The van der Waals surface area contributed by atoms with E-state index in [0.29, 0.717) is 0 Å². The number of hydrogen-bond donors (Lipinski definition) is 1. The topological polar surface area (TPSA) is 29.1 Å². The van der Waals surface area contributed by atoms with E-state index < -0.39 is 0 Å². The molecule has 25 heavy (non-hydrogen) atoms. The van der Waals surface area contributed by atoms with Crippen LogP contribution in [0.25, 0.3) is 0 Å². The number of benzene rings is 3. The second-order valence-electron chi connectivity index (χ2n) is 6.13. The Morgan fingerprint density at radius 1 is 0.720 bits per heavy atom. The second-order valence-corrected chi connectivity index (χ2v) is 6.13. The third-order valence-corrected chi connectivity index (χ3v) is 4.48. The molecule has 0 saturated heterocycles. The quantitative estimate of drug-likeness (QED) is 0.671. The predicted octanol–water partition coefficient (Wildman–Crippen LogP) is 5.09.